The van der Waals surface area contributed by atoms with Crippen molar-refractivity contribution in [2.24, 2.45) is 11.7 Å². The Morgan fingerprint density at radius 3 is 1.74 bits per heavy atom. The van der Waals surface area contributed by atoms with Crippen LogP contribution in [0.25, 0.3) is 0 Å². The van der Waals surface area contributed by atoms with Crippen LogP contribution >= 0.6 is 0 Å². The molecule has 0 aromatic heterocycles. The van der Waals surface area contributed by atoms with Crippen molar-refractivity contribution in [2.75, 3.05) is 78.3 Å². The number of carbonyl (C=O) groups is 9. The highest BCUT2D eigenvalue weighted by Crippen LogP contribution is 2.20. The van der Waals surface area contributed by atoms with Gasteiger partial charge in [-0.05, 0) is 125 Å². The number of Topliss-reactive ketones (excluding diaryl/α,β-unsaturated/α-hetero) is 2. The van der Waals surface area contributed by atoms with E-state index in [-0.39, 0.29) is 108 Å². The fourth-order valence-electron chi connectivity index (χ4n) is 6.47. The number of nitrogens with two attached hydrogens (primary N) is 1. The fraction of sp³-hybridized carbons (Fsp3) is 0.706. The Bertz CT molecular complexity index is 1890. The third kappa shape index (κ3) is 33.7. The molecule has 7 N–H and O–H groups in total. The molecule has 0 spiro atoms. The number of hydrogen-bond donors (Lipinski definition) is 6. The lowest BCUT2D eigenvalue weighted by Gasteiger charge is -2.25. The van der Waals surface area contributed by atoms with Crippen LogP contribution in [-0.4, -0.2) is 155 Å². The first-order valence-corrected chi connectivity index (χ1v) is 24.9. The SMILES string of the molecule is CNC(=O)[C@H](CCCCNC(=O)c1ccc(NC(=O)OC(C)(C)C)cc1)NC(=O)COCCOCCCC(=O)CCC(NC(=O)CC[C@H](CC(=O)COCCOCCN)C(=O)OC(C)(C)C)C(=O)OC(C)(C)C. The second kappa shape index (κ2) is 34.8. The number of amides is 5. The molecule has 0 aliphatic carbocycles. The van der Waals surface area contributed by atoms with Crippen molar-refractivity contribution >= 4 is 58.9 Å². The average Bonchev–Trinajstić information content (AvgIpc) is 3.28. The van der Waals surface area contributed by atoms with E-state index in [2.05, 4.69) is 26.6 Å². The average molecular weight is 1040 g/mol. The molecule has 0 bridgehead atoms. The van der Waals surface area contributed by atoms with Gasteiger partial charge in [0, 0.05) is 63.7 Å². The van der Waals surface area contributed by atoms with Gasteiger partial charge in [0.25, 0.3) is 5.91 Å². The number of hydrogen-bond acceptors (Lipinski definition) is 17. The zero-order valence-electron chi connectivity index (χ0n) is 44.8. The maximum atomic E-state index is 13.2. The van der Waals surface area contributed by atoms with E-state index in [4.69, 9.17) is 38.9 Å². The highest BCUT2D eigenvalue weighted by atomic mass is 16.6. The summed E-state index contributed by atoms with van der Waals surface area (Å²) in [5.41, 5.74) is 3.89. The Hall–Kier alpha value is -5.55. The lowest BCUT2D eigenvalue weighted by Crippen LogP contribution is -2.47. The molecule has 22 heteroatoms. The predicted molar refractivity (Wildman–Crippen MR) is 270 cm³/mol. The smallest absolute Gasteiger partial charge is 0.412 e. The number of ketones is 2. The molecular weight excluding hydrogens is 953 g/mol. The number of nitrogens with one attached hydrogen (secondary N) is 5. The minimum Gasteiger partial charge on any atom is -0.460 e. The molecule has 0 saturated carbocycles. The fourth-order valence-corrected chi connectivity index (χ4v) is 6.47. The van der Waals surface area contributed by atoms with Gasteiger partial charge in [-0.3, -0.25) is 38.9 Å². The number of esters is 2. The predicted octanol–water partition coefficient (Wildman–Crippen LogP) is 3.84. The van der Waals surface area contributed by atoms with Gasteiger partial charge in [0.15, 0.2) is 5.78 Å². The first-order chi connectivity index (χ1) is 34.2. The number of rotatable bonds is 36. The van der Waals surface area contributed by atoms with Crippen LogP contribution in [0, 0.1) is 5.92 Å². The zero-order chi connectivity index (χ0) is 55.0. The van der Waals surface area contributed by atoms with Crippen molar-refractivity contribution in [3.63, 3.8) is 0 Å². The number of likely N-dealkylation sites (N-methyl/N-ethyl adjacent to an activating group) is 1. The monoisotopic (exact) mass is 1040 g/mol. The molecule has 414 valence electrons. The molecule has 73 heavy (non-hydrogen) atoms. The largest absolute Gasteiger partial charge is 0.460 e. The molecule has 1 rings (SSSR count). The van der Waals surface area contributed by atoms with E-state index in [1.54, 1.807) is 86.6 Å². The van der Waals surface area contributed by atoms with Gasteiger partial charge in [-0.1, -0.05) is 0 Å². The lowest BCUT2D eigenvalue weighted by atomic mass is 9.96. The highest BCUT2D eigenvalue weighted by molar-refractivity contribution is 5.95. The van der Waals surface area contributed by atoms with Gasteiger partial charge in [-0.15, -0.1) is 0 Å². The molecular formula is C51H84N6O16. The van der Waals surface area contributed by atoms with Crippen LogP contribution in [-0.2, 0) is 66.7 Å². The van der Waals surface area contributed by atoms with Crippen molar-refractivity contribution in [3.05, 3.63) is 29.8 Å². The number of carbonyl (C=O) groups excluding carboxylic acids is 9. The van der Waals surface area contributed by atoms with Crippen LogP contribution in [0.1, 0.15) is 137 Å². The molecule has 0 radical (unpaired) electrons. The topological polar surface area (TPSA) is 304 Å². The molecule has 5 amide bonds. The molecule has 0 saturated heterocycles. The molecule has 0 heterocycles. The Balaban J connectivity index is 2.50. The number of anilines is 1. The van der Waals surface area contributed by atoms with E-state index < -0.39 is 64.7 Å². The standard InChI is InChI=1S/C51H84N6O16/c1-49(2,3)71-46(64)36(32-39(59)33-69-30-29-68-27-24-52)18-23-42(60)57-41(47(65)72-50(4,5)6)22-21-38(58)14-13-26-67-28-31-70-34-43(61)56-40(45(63)53-10)15-11-12-25-54-44(62)35-16-19-37(20-17-35)55-48(66)73-51(7,8)9/h16-17,19-20,36,40-41H,11-15,18,21-34,52H2,1-10H3,(H,53,63)(H,54,62)(H,55,66)(H,56,61)(H,57,60)/t36-,40+,41?/m1/s1. The van der Waals surface area contributed by atoms with Crippen LogP contribution in [0.2, 0.25) is 0 Å². The zero-order valence-corrected chi connectivity index (χ0v) is 44.8. The summed E-state index contributed by atoms with van der Waals surface area (Å²) < 4.78 is 37.8. The van der Waals surface area contributed by atoms with E-state index in [1.807, 2.05) is 0 Å². The van der Waals surface area contributed by atoms with Gasteiger partial charge in [-0.25, -0.2) is 9.59 Å². The Morgan fingerprint density at radius 1 is 0.562 bits per heavy atom. The minimum absolute atomic E-state index is 0.0365. The van der Waals surface area contributed by atoms with Gasteiger partial charge in [0.05, 0.1) is 39.0 Å². The summed E-state index contributed by atoms with van der Waals surface area (Å²) in [6.45, 7) is 16.6. The van der Waals surface area contributed by atoms with Crippen molar-refractivity contribution in [3.8, 4) is 0 Å². The van der Waals surface area contributed by atoms with Crippen molar-refractivity contribution in [1.29, 1.82) is 0 Å². The van der Waals surface area contributed by atoms with Gasteiger partial charge in [0.1, 0.15) is 47.9 Å². The lowest BCUT2D eigenvalue weighted by molar-refractivity contribution is -0.162. The van der Waals surface area contributed by atoms with Gasteiger partial charge in [0.2, 0.25) is 17.7 Å². The summed E-state index contributed by atoms with van der Waals surface area (Å²) in [6.07, 6.45) is 0.689. The minimum atomic E-state index is -1.15. The second-order valence-electron chi connectivity index (χ2n) is 20.2. The van der Waals surface area contributed by atoms with E-state index in [1.165, 1.54) is 7.05 Å². The van der Waals surface area contributed by atoms with E-state index in [0.29, 0.717) is 56.6 Å². The maximum Gasteiger partial charge on any atom is 0.412 e. The highest BCUT2D eigenvalue weighted by Gasteiger charge is 2.31. The number of benzene rings is 1. The van der Waals surface area contributed by atoms with Crippen LogP contribution in [0.4, 0.5) is 10.5 Å². The first kappa shape index (κ1) is 65.5. The molecule has 0 aliphatic rings. The number of ether oxygens (including phenoxy) is 7. The molecule has 0 fully saturated rings. The number of unbranched alkanes of at least 4 members (excludes halogenated alkanes) is 1. The second-order valence-corrected chi connectivity index (χ2v) is 20.2. The van der Waals surface area contributed by atoms with E-state index >= 15 is 0 Å². The summed E-state index contributed by atoms with van der Waals surface area (Å²) in [4.78, 5) is 115. The summed E-state index contributed by atoms with van der Waals surface area (Å²) in [7, 11) is 1.46. The Kier molecular flexibility index (Phi) is 31.2. The summed E-state index contributed by atoms with van der Waals surface area (Å²) in [5.74, 6) is -4.63. The van der Waals surface area contributed by atoms with E-state index in [9.17, 15) is 43.2 Å². The van der Waals surface area contributed by atoms with Crippen LogP contribution in [0.5, 0.6) is 0 Å². The molecule has 1 aromatic carbocycles. The summed E-state index contributed by atoms with van der Waals surface area (Å²) >= 11 is 0. The first-order valence-electron chi connectivity index (χ1n) is 24.9. The normalized spacial score (nSPS) is 12.9. The van der Waals surface area contributed by atoms with E-state index in [0.717, 1.165) is 0 Å². The summed E-state index contributed by atoms with van der Waals surface area (Å²) in [5, 5.41) is 13.3. The molecule has 1 unspecified atom stereocenters. The van der Waals surface area contributed by atoms with Gasteiger partial charge in [-0.2, -0.15) is 0 Å². The van der Waals surface area contributed by atoms with Crippen LogP contribution in [0.15, 0.2) is 24.3 Å². The van der Waals surface area contributed by atoms with Crippen molar-refractivity contribution in [2.45, 2.75) is 155 Å². The maximum absolute atomic E-state index is 13.2. The molecule has 3 atom stereocenters. The van der Waals surface area contributed by atoms with Crippen LogP contribution in [0.3, 0.4) is 0 Å². The summed E-state index contributed by atoms with van der Waals surface area (Å²) in [6, 6.07) is 4.37. The van der Waals surface area contributed by atoms with Gasteiger partial charge >= 0.3 is 18.0 Å². The Labute approximate surface area is 430 Å². The van der Waals surface area contributed by atoms with Crippen molar-refractivity contribution < 1.29 is 76.3 Å². The van der Waals surface area contributed by atoms with Crippen LogP contribution < -0.4 is 32.3 Å². The molecule has 1 aromatic rings. The third-order valence-electron chi connectivity index (χ3n) is 9.81. The van der Waals surface area contributed by atoms with Crippen molar-refractivity contribution in [1.82, 2.24) is 21.3 Å². The third-order valence-corrected chi connectivity index (χ3v) is 9.81. The Morgan fingerprint density at radius 2 is 1.14 bits per heavy atom. The quantitative estimate of drug-likeness (QED) is 0.0316. The molecule has 22 nitrogen and oxygen atoms in total. The molecule has 0 aliphatic heterocycles. The van der Waals surface area contributed by atoms with Gasteiger partial charge < -0.3 is 60.2 Å².